The molecule has 0 spiro atoms. The molecule has 1 saturated carbocycles. The van der Waals surface area contributed by atoms with Crippen molar-refractivity contribution in [3.8, 4) is 6.07 Å². The summed E-state index contributed by atoms with van der Waals surface area (Å²) < 4.78 is 5.11. The molecule has 2 rings (SSSR count). The molecule has 1 aliphatic carbocycles. The highest BCUT2D eigenvalue weighted by Crippen LogP contribution is 2.45. The van der Waals surface area contributed by atoms with E-state index in [2.05, 4.69) is 30.1 Å². The molecule has 4 heteroatoms. The Kier molecular flexibility index (Phi) is 2.24. The molecule has 74 valence electrons. The lowest BCUT2D eigenvalue weighted by Gasteiger charge is -1.95. The van der Waals surface area contributed by atoms with Gasteiger partial charge in [0, 0.05) is 6.42 Å². The van der Waals surface area contributed by atoms with Crippen molar-refractivity contribution in [2.45, 2.75) is 32.6 Å². The van der Waals surface area contributed by atoms with Crippen LogP contribution in [0.2, 0.25) is 0 Å². The fourth-order valence-electron chi connectivity index (χ4n) is 1.48. The molecule has 2 atom stereocenters. The minimum Gasteiger partial charge on any atom is -0.339 e. The summed E-state index contributed by atoms with van der Waals surface area (Å²) in [4.78, 5) is 4.28. The summed E-state index contributed by atoms with van der Waals surface area (Å²) in [7, 11) is 0. The van der Waals surface area contributed by atoms with Crippen LogP contribution >= 0.6 is 0 Å². The largest absolute Gasteiger partial charge is 0.339 e. The van der Waals surface area contributed by atoms with Crippen molar-refractivity contribution < 1.29 is 4.52 Å². The van der Waals surface area contributed by atoms with Crippen molar-refractivity contribution in [2.75, 3.05) is 0 Å². The molecule has 2 unspecified atom stereocenters. The topological polar surface area (TPSA) is 62.7 Å². The molecule has 0 bridgehead atoms. The molecule has 14 heavy (non-hydrogen) atoms. The van der Waals surface area contributed by atoms with E-state index in [1.165, 1.54) is 0 Å². The second-order valence-corrected chi connectivity index (χ2v) is 4.22. The SMILES string of the molecule is CC(C)Cc1noc(C2CC2C#N)n1. The number of nitrogens with zero attached hydrogens (tertiary/aromatic N) is 3. The first kappa shape index (κ1) is 9.20. The first-order valence-electron chi connectivity index (χ1n) is 4.92. The van der Waals surface area contributed by atoms with Crippen LogP contribution in [0.3, 0.4) is 0 Å². The quantitative estimate of drug-likeness (QED) is 0.731. The minimum absolute atomic E-state index is 0.0994. The van der Waals surface area contributed by atoms with Gasteiger partial charge in [-0.3, -0.25) is 0 Å². The van der Waals surface area contributed by atoms with E-state index in [0.29, 0.717) is 11.8 Å². The Balaban J connectivity index is 2.01. The van der Waals surface area contributed by atoms with Gasteiger partial charge in [-0.15, -0.1) is 0 Å². The van der Waals surface area contributed by atoms with E-state index in [0.717, 1.165) is 18.7 Å². The lowest BCUT2D eigenvalue weighted by atomic mass is 10.1. The average Bonchev–Trinajstić information content (AvgIpc) is 2.79. The van der Waals surface area contributed by atoms with Gasteiger partial charge in [0.15, 0.2) is 5.82 Å². The van der Waals surface area contributed by atoms with Gasteiger partial charge in [-0.2, -0.15) is 10.2 Å². The maximum atomic E-state index is 8.65. The normalized spacial score (nSPS) is 25.0. The zero-order chi connectivity index (χ0) is 10.1. The summed E-state index contributed by atoms with van der Waals surface area (Å²) in [6, 6.07) is 2.21. The zero-order valence-corrected chi connectivity index (χ0v) is 8.40. The van der Waals surface area contributed by atoms with Crippen molar-refractivity contribution in [3.63, 3.8) is 0 Å². The Labute approximate surface area is 82.9 Å². The van der Waals surface area contributed by atoms with Gasteiger partial charge in [0.2, 0.25) is 5.89 Å². The second kappa shape index (κ2) is 3.41. The smallest absolute Gasteiger partial charge is 0.231 e. The van der Waals surface area contributed by atoms with Crippen LogP contribution in [0.1, 0.15) is 37.9 Å². The van der Waals surface area contributed by atoms with Crippen LogP contribution in [0.5, 0.6) is 0 Å². The van der Waals surface area contributed by atoms with Gasteiger partial charge in [0.25, 0.3) is 0 Å². The molecule has 0 aromatic carbocycles. The van der Waals surface area contributed by atoms with Gasteiger partial charge in [0.05, 0.1) is 17.9 Å². The monoisotopic (exact) mass is 191 g/mol. The van der Waals surface area contributed by atoms with E-state index in [-0.39, 0.29) is 11.8 Å². The lowest BCUT2D eigenvalue weighted by molar-refractivity contribution is 0.370. The Hall–Kier alpha value is -1.37. The molecule has 0 N–H and O–H groups in total. The Morgan fingerprint density at radius 2 is 2.43 bits per heavy atom. The standard InChI is InChI=1S/C10H13N3O/c1-6(2)3-9-12-10(14-13-9)8-4-7(8)5-11/h6-8H,3-4H2,1-2H3. The van der Waals surface area contributed by atoms with Gasteiger partial charge in [-0.25, -0.2) is 0 Å². The predicted molar refractivity (Wildman–Crippen MR) is 49.3 cm³/mol. The Bertz CT molecular complexity index is 364. The molecule has 0 amide bonds. The second-order valence-electron chi connectivity index (χ2n) is 4.22. The fourth-order valence-corrected chi connectivity index (χ4v) is 1.48. The maximum absolute atomic E-state index is 8.65. The number of hydrogen-bond acceptors (Lipinski definition) is 4. The van der Waals surface area contributed by atoms with Crippen molar-refractivity contribution in [3.05, 3.63) is 11.7 Å². The molecule has 1 fully saturated rings. The van der Waals surface area contributed by atoms with E-state index in [1.807, 2.05) is 0 Å². The molecule has 0 radical (unpaired) electrons. The molecular weight excluding hydrogens is 178 g/mol. The van der Waals surface area contributed by atoms with Crippen molar-refractivity contribution in [2.24, 2.45) is 11.8 Å². The lowest BCUT2D eigenvalue weighted by Crippen LogP contribution is -1.96. The highest BCUT2D eigenvalue weighted by molar-refractivity contribution is 5.15. The zero-order valence-electron chi connectivity index (χ0n) is 8.40. The van der Waals surface area contributed by atoms with E-state index >= 15 is 0 Å². The van der Waals surface area contributed by atoms with E-state index < -0.39 is 0 Å². The molecule has 1 aliphatic rings. The van der Waals surface area contributed by atoms with Crippen molar-refractivity contribution >= 4 is 0 Å². The first-order valence-corrected chi connectivity index (χ1v) is 4.92. The van der Waals surface area contributed by atoms with Gasteiger partial charge in [-0.1, -0.05) is 19.0 Å². The summed E-state index contributed by atoms with van der Waals surface area (Å²) in [6.45, 7) is 4.23. The van der Waals surface area contributed by atoms with Crippen molar-refractivity contribution in [1.29, 1.82) is 5.26 Å². The van der Waals surface area contributed by atoms with Gasteiger partial charge < -0.3 is 4.52 Å². The van der Waals surface area contributed by atoms with Crippen LogP contribution in [-0.2, 0) is 6.42 Å². The number of nitriles is 1. The predicted octanol–water partition coefficient (Wildman–Crippen LogP) is 1.90. The van der Waals surface area contributed by atoms with E-state index in [4.69, 9.17) is 9.78 Å². The van der Waals surface area contributed by atoms with Crippen LogP contribution in [0.25, 0.3) is 0 Å². The van der Waals surface area contributed by atoms with Crippen LogP contribution < -0.4 is 0 Å². The highest BCUT2D eigenvalue weighted by atomic mass is 16.5. The molecule has 0 aliphatic heterocycles. The number of rotatable bonds is 3. The fraction of sp³-hybridized carbons (Fsp3) is 0.700. The average molecular weight is 191 g/mol. The molecule has 1 aromatic heterocycles. The molecule has 1 heterocycles. The minimum atomic E-state index is 0.0994. The number of aromatic nitrogens is 2. The molecule has 0 saturated heterocycles. The third-order valence-electron chi connectivity index (χ3n) is 2.35. The number of hydrogen-bond donors (Lipinski definition) is 0. The third-order valence-corrected chi connectivity index (χ3v) is 2.35. The Morgan fingerprint density at radius 3 is 3.00 bits per heavy atom. The van der Waals surface area contributed by atoms with E-state index in [9.17, 15) is 0 Å². The maximum Gasteiger partial charge on any atom is 0.231 e. The molecule has 1 aromatic rings. The molecular formula is C10H13N3O. The summed E-state index contributed by atoms with van der Waals surface area (Å²) in [5.41, 5.74) is 0. The Morgan fingerprint density at radius 1 is 1.64 bits per heavy atom. The van der Waals surface area contributed by atoms with Crippen molar-refractivity contribution in [1.82, 2.24) is 10.1 Å². The van der Waals surface area contributed by atoms with Crippen LogP contribution in [0.15, 0.2) is 4.52 Å². The van der Waals surface area contributed by atoms with Gasteiger partial charge >= 0.3 is 0 Å². The van der Waals surface area contributed by atoms with Crippen LogP contribution in [-0.4, -0.2) is 10.1 Å². The van der Waals surface area contributed by atoms with Gasteiger partial charge in [0.1, 0.15) is 0 Å². The first-order chi connectivity index (χ1) is 6.70. The molecule has 4 nitrogen and oxygen atoms in total. The van der Waals surface area contributed by atoms with Crippen LogP contribution in [0, 0.1) is 23.2 Å². The summed E-state index contributed by atoms with van der Waals surface area (Å²) in [5.74, 6) is 2.24. The third kappa shape index (κ3) is 1.77. The summed E-state index contributed by atoms with van der Waals surface area (Å²) in [6.07, 6.45) is 1.72. The highest BCUT2D eigenvalue weighted by Gasteiger charge is 2.43. The summed E-state index contributed by atoms with van der Waals surface area (Å²) >= 11 is 0. The summed E-state index contributed by atoms with van der Waals surface area (Å²) in [5, 5.41) is 12.5. The van der Waals surface area contributed by atoms with E-state index in [1.54, 1.807) is 0 Å². The van der Waals surface area contributed by atoms with Gasteiger partial charge in [-0.05, 0) is 12.3 Å². The van der Waals surface area contributed by atoms with Crippen LogP contribution in [0.4, 0.5) is 0 Å².